The lowest BCUT2D eigenvalue weighted by atomic mass is 10.0. The molecule has 0 aliphatic carbocycles. The van der Waals surface area contributed by atoms with Gasteiger partial charge >= 0.3 is 6.18 Å². The molecule has 0 amide bonds. The number of aromatic nitrogens is 3. The topological polar surface area (TPSA) is 39.9 Å². The first-order valence-electron chi connectivity index (χ1n) is 6.98. The van der Waals surface area contributed by atoms with Crippen molar-refractivity contribution in [1.29, 1.82) is 0 Å². The highest BCUT2D eigenvalue weighted by Gasteiger charge is 2.34. The number of hydrogen-bond acceptors (Lipinski definition) is 3. The van der Waals surface area contributed by atoms with Gasteiger partial charge in [0.15, 0.2) is 0 Å². The Balaban J connectivity index is 1.79. The monoisotopic (exact) mass is 311 g/mol. The fraction of sp³-hybridized carbons (Fsp3) is 0.467. The zero-order valence-corrected chi connectivity index (χ0v) is 12.3. The van der Waals surface area contributed by atoms with E-state index in [1.165, 1.54) is 12.1 Å². The summed E-state index contributed by atoms with van der Waals surface area (Å²) in [6.07, 6.45) is -1.76. The molecule has 3 rings (SSSR count). The van der Waals surface area contributed by atoms with Gasteiger partial charge in [0, 0.05) is 12.0 Å². The standard InChI is InChI=1S/C15H16F3N3O/c1-14(2)7-12(9-22-14)21-8-13(19-20-21)10-3-5-11(6-4-10)15(16,17)18/h3-6,8,12H,7,9H2,1-2H3. The van der Waals surface area contributed by atoms with E-state index < -0.39 is 11.7 Å². The predicted molar refractivity (Wildman–Crippen MR) is 74.1 cm³/mol. The molecule has 0 saturated carbocycles. The van der Waals surface area contributed by atoms with Crippen LogP contribution < -0.4 is 0 Å². The van der Waals surface area contributed by atoms with E-state index in [9.17, 15) is 13.2 Å². The van der Waals surface area contributed by atoms with Crippen LogP contribution in [0.5, 0.6) is 0 Å². The smallest absolute Gasteiger partial charge is 0.373 e. The van der Waals surface area contributed by atoms with Crippen LogP contribution in [0.3, 0.4) is 0 Å². The Morgan fingerprint density at radius 3 is 2.45 bits per heavy atom. The lowest BCUT2D eigenvalue weighted by Crippen LogP contribution is -2.17. The maximum Gasteiger partial charge on any atom is 0.416 e. The molecule has 118 valence electrons. The minimum atomic E-state index is -4.33. The zero-order chi connectivity index (χ0) is 16.0. The normalized spacial score (nSPS) is 21.2. The van der Waals surface area contributed by atoms with Crippen LogP contribution in [0.1, 0.15) is 31.9 Å². The molecule has 1 saturated heterocycles. The van der Waals surface area contributed by atoms with Crippen LogP contribution in [0.2, 0.25) is 0 Å². The third kappa shape index (κ3) is 2.99. The van der Waals surface area contributed by atoms with E-state index in [1.807, 2.05) is 13.8 Å². The van der Waals surface area contributed by atoms with E-state index in [1.54, 1.807) is 10.9 Å². The van der Waals surface area contributed by atoms with Gasteiger partial charge in [-0.1, -0.05) is 17.3 Å². The number of hydrogen-bond donors (Lipinski definition) is 0. The summed E-state index contributed by atoms with van der Waals surface area (Å²) in [6.45, 7) is 4.59. The van der Waals surface area contributed by atoms with Gasteiger partial charge in [-0.15, -0.1) is 5.10 Å². The Hall–Kier alpha value is -1.89. The van der Waals surface area contributed by atoms with E-state index in [0.29, 0.717) is 17.9 Å². The first kappa shape index (κ1) is 15.0. The first-order chi connectivity index (χ1) is 10.2. The largest absolute Gasteiger partial charge is 0.416 e. The molecule has 0 radical (unpaired) electrons. The molecule has 1 aliphatic heterocycles. The minimum Gasteiger partial charge on any atom is -0.373 e. The third-order valence-corrected chi connectivity index (χ3v) is 3.79. The molecular formula is C15H16F3N3O. The Labute approximate surface area is 125 Å². The van der Waals surface area contributed by atoms with Crippen LogP contribution in [0, 0.1) is 0 Å². The van der Waals surface area contributed by atoms with E-state index in [4.69, 9.17) is 4.74 Å². The van der Waals surface area contributed by atoms with Crippen LogP contribution in [-0.2, 0) is 10.9 Å². The van der Waals surface area contributed by atoms with Crippen molar-refractivity contribution in [3.05, 3.63) is 36.0 Å². The van der Waals surface area contributed by atoms with Gasteiger partial charge in [0.2, 0.25) is 0 Å². The molecule has 1 atom stereocenters. The molecule has 7 heteroatoms. The van der Waals surface area contributed by atoms with Crippen LogP contribution in [-0.4, -0.2) is 27.2 Å². The van der Waals surface area contributed by atoms with E-state index in [0.717, 1.165) is 18.6 Å². The second kappa shape index (κ2) is 5.08. The van der Waals surface area contributed by atoms with Crippen molar-refractivity contribution < 1.29 is 17.9 Å². The summed E-state index contributed by atoms with van der Waals surface area (Å²) >= 11 is 0. The summed E-state index contributed by atoms with van der Waals surface area (Å²) in [4.78, 5) is 0. The highest BCUT2D eigenvalue weighted by molar-refractivity contribution is 5.58. The highest BCUT2D eigenvalue weighted by atomic mass is 19.4. The molecule has 22 heavy (non-hydrogen) atoms. The maximum absolute atomic E-state index is 12.6. The fourth-order valence-corrected chi connectivity index (χ4v) is 2.59. The molecule has 0 N–H and O–H groups in total. The average molecular weight is 311 g/mol. The quantitative estimate of drug-likeness (QED) is 0.849. The van der Waals surface area contributed by atoms with Crippen molar-refractivity contribution in [2.75, 3.05) is 6.61 Å². The molecule has 1 aliphatic rings. The molecule has 1 unspecified atom stereocenters. The lowest BCUT2D eigenvalue weighted by molar-refractivity contribution is -0.137. The van der Waals surface area contributed by atoms with Crippen molar-refractivity contribution in [3.8, 4) is 11.3 Å². The van der Waals surface area contributed by atoms with Gasteiger partial charge in [-0.05, 0) is 26.0 Å². The summed E-state index contributed by atoms with van der Waals surface area (Å²) in [7, 11) is 0. The van der Waals surface area contributed by atoms with Gasteiger partial charge in [0.25, 0.3) is 0 Å². The molecule has 1 fully saturated rings. The minimum absolute atomic E-state index is 0.102. The molecule has 1 aromatic heterocycles. The predicted octanol–water partition coefficient (Wildman–Crippen LogP) is 3.70. The Morgan fingerprint density at radius 2 is 1.91 bits per heavy atom. The van der Waals surface area contributed by atoms with Gasteiger partial charge in [0.05, 0.1) is 30.0 Å². The van der Waals surface area contributed by atoms with Crippen molar-refractivity contribution in [1.82, 2.24) is 15.0 Å². The zero-order valence-electron chi connectivity index (χ0n) is 12.3. The highest BCUT2D eigenvalue weighted by Crippen LogP contribution is 2.33. The van der Waals surface area contributed by atoms with Gasteiger partial charge in [0.1, 0.15) is 5.69 Å². The summed E-state index contributed by atoms with van der Waals surface area (Å²) in [6, 6.07) is 5.02. The average Bonchev–Trinajstić information content (AvgIpc) is 3.04. The van der Waals surface area contributed by atoms with Gasteiger partial charge in [-0.2, -0.15) is 13.2 Å². The Bertz CT molecular complexity index is 661. The number of halogens is 3. The van der Waals surface area contributed by atoms with E-state index >= 15 is 0 Å². The van der Waals surface area contributed by atoms with Gasteiger partial charge in [-0.25, -0.2) is 4.68 Å². The molecular weight excluding hydrogens is 295 g/mol. The van der Waals surface area contributed by atoms with Crippen LogP contribution in [0.4, 0.5) is 13.2 Å². The third-order valence-electron chi connectivity index (χ3n) is 3.79. The van der Waals surface area contributed by atoms with Crippen molar-refractivity contribution in [3.63, 3.8) is 0 Å². The van der Waals surface area contributed by atoms with Gasteiger partial charge < -0.3 is 4.74 Å². The summed E-state index contributed by atoms with van der Waals surface area (Å²) in [5, 5.41) is 8.12. The Morgan fingerprint density at radius 1 is 1.23 bits per heavy atom. The number of benzene rings is 1. The summed E-state index contributed by atoms with van der Waals surface area (Å²) in [5.41, 5.74) is 0.302. The Kier molecular flexibility index (Phi) is 3.47. The van der Waals surface area contributed by atoms with Crippen LogP contribution in [0.15, 0.2) is 30.5 Å². The SMILES string of the molecule is CC1(C)CC(n2cc(-c3ccc(C(F)(F)F)cc3)nn2)CO1. The van der Waals surface area contributed by atoms with Crippen molar-refractivity contribution in [2.45, 2.75) is 38.1 Å². The van der Waals surface area contributed by atoms with Crippen molar-refractivity contribution in [2.24, 2.45) is 0 Å². The second-order valence-electron chi connectivity index (χ2n) is 6.09. The van der Waals surface area contributed by atoms with E-state index in [2.05, 4.69) is 10.3 Å². The van der Waals surface area contributed by atoms with Crippen LogP contribution in [0.25, 0.3) is 11.3 Å². The number of rotatable bonds is 2. The van der Waals surface area contributed by atoms with Crippen LogP contribution >= 0.6 is 0 Å². The summed E-state index contributed by atoms with van der Waals surface area (Å²) in [5.74, 6) is 0. The number of nitrogens with zero attached hydrogens (tertiary/aromatic N) is 3. The molecule has 2 aromatic rings. The molecule has 4 nitrogen and oxygen atoms in total. The van der Waals surface area contributed by atoms with E-state index in [-0.39, 0.29) is 11.6 Å². The summed E-state index contributed by atoms with van der Waals surface area (Å²) < 4.78 is 45.1. The number of alkyl halides is 3. The second-order valence-corrected chi connectivity index (χ2v) is 6.09. The molecule has 0 bridgehead atoms. The fourth-order valence-electron chi connectivity index (χ4n) is 2.59. The molecule has 1 aromatic carbocycles. The van der Waals surface area contributed by atoms with Crippen molar-refractivity contribution >= 4 is 0 Å². The maximum atomic E-state index is 12.6. The first-order valence-corrected chi connectivity index (χ1v) is 6.98. The molecule has 0 spiro atoms. The molecule has 2 heterocycles. The van der Waals surface area contributed by atoms with Gasteiger partial charge in [-0.3, -0.25) is 0 Å². The lowest BCUT2D eigenvalue weighted by Gasteiger charge is -2.15. The number of ether oxygens (including phenoxy) is 1.